The molecule has 2 saturated heterocycles. The highest BCUT2D eigenvalue weighted by molar-refractivity contribution is 8.15. The van der Waals surface area contributed by atoms with Gasteiger partial charge in [0.2, 0.25) is 5.91 Å². The third-order valence-electron chi connectivity index (χ3n) is 4.66. The van der Waals surface area contributed by atoms with Crippen LogP contribution in [0.25, 0.3) is 0 Å². The molecule has 1 aromatic rings. The first-order chi connectivity index (χ1) is 12.9. The topological polar surface area (TPSA) is 57.1 Å². The van der Waals surface area contributed by atoms with E-state index in [9.17, 15) is 18.0 Å². The van der Waals surface area contributed by atoms with E-state index >= 15 is 0 Å². The van der Waals surface area contributed by atoms with Crippen molar-refractivity contribution in [2.45, 2.75) is 25.4 Å². The first kappa shape index (κ1) is 19.9. The number of thioether (sulfide) groups is 1. The monoisotopic (exact) mass is 398 g/mol. The number of amides is 1. The molecule has 1 aromatic carbocycles. The molecule has 1 amide bonds. The summed E-state index contributed by atoms with van der Waals surface area (Å²) in [4.78, 5) is 13.2. The molecule has 2 aliphatic heterocycles. The maximum absolute atomic E-state index is 12.7. The number of alkyl halides is 3. The Morgan fingerprint density at radius 1 is 1.30 bits per heavy atom. The van der Waals surface area contributed by atoms with E-state index in [2.05, 4.69) is 20.4 Å². The lowest BCUT2D eigenvalue weighted by Crippen LogP contribution is -2.39. The summed E-state index contributed by atoms with van der Waals surface area (Å²) in [5, 5.41) is 11.1. The molecule has 1 N–H and O–H groups in total. The lowest BCUT2D eigenvalue weighted by Gasteiger charge is -2.32. The van der Waals surface area contributed by atoms with Crippen LogP contribution in [0.1, 0.15) is 24.0 Å². The van der Waals surface area contributed by atoms with E-state index in [0.29, 0.717) is 24.0 Å². The molecule has 3 rings (SSSR count). The minimum absolute atomic E-state index is 0.0739. The maximum atomic E-state index is 12.7. The largest absolute Gasteiger partial charge is 0.391 e. The Morgan fingerprint density at radius 2 is 2.07 bits per heavy atom. The zero-order chi connectivity index (χ0) is 19.3. The second-order valence-corrected chi connectivity index (χ2v) is 7.60. The lowest BCUT2D eigenvalue weighted by atomic mass is 9.96. The Labute approximate surface area is 160 Å². The molecule has 9 heteroatoms. The van der Waals surface area contributed by atoms with E-state index in [1.165, 1.54) is 11.8 Å². The standard InChI is InChI=1S/C18H21F3N4OS/c19-18(20,21)15-5-8-25(9-6-15)7-4-13-2-1-3-14(10-13)11-22-24-17-23-16(26)12-27-17/h1-3,10-11,15H,4-9,12H2,(H,23,24,26). The zero-order valence-electron chi connectivity index (χ0n) is 14.7. The Bertz CT molecular complexity index is 728. The first-order valence-electron chi connectivity index (χ1n) is 8.82. The number of nitrogens with zero attached hydrogens (tertiary/aromatic N) is 3. The molecule has 0 atom stereocenters. The number of hydrogen-bond acceptors (Lipinski definition) is 5. The fraction of sp³-hybridized carbons (Fsp3) is 0.500. The number of nitrogens with one attached hydrogen (secondary N) is 1. The van der Waals surface area contributed by atoms with Gasteiger partial charge >= 0.3 is 6.18 Å². The summed E-state index contributed by atoms with van der Waals surface area (Å²) in [6, 6.07) is 7.82. The van der Waals surface area contributed by atoms with E-state index in [1.807, 2.05) is 24.3 Å². The number of amidine groups is 1. The average molecular weight is 398 g/mol. The van der Waals surface area contributed by atoms with Gasteiger partial charge < -0.3 is 10.2 Å². The number of benzene rings is 1. The van der Waals surface area contributed by atoms with Gasteiger partial charge in [0.05, 0.1) is 17.9 Å². The van der Waals surface area contributed by atoms with Crippen molar-refractivity contribution < 1.29 is 18.0 Å². The van der Waals surface area contributed by atoms with Crippen LogP contribution in [0, 0.1) is 5.92 Å². The summed E-state index contributed by atoms with van der Waals surface area (Å²) in [6.45, 7) is 1.73. The predicted octanol–water partition coefficient (Wildman–Crippen LogP) is 3.06. The molecule has 0 spiro atoms. The third-order valence-corrected chi connectivity index (χ3v) is 5.52. The fourth-order valence-electron chi connectivity index (χ4n) is 3.13. The van der Waals surface area contributed by atoms with Gasteiger partial charge in [-0.2, -0.15) is 18.3 Å². The number of halogens is 3. The molecule has 5 nitrogen and oxygen atoms in total. The molecule has 0 unspecified atom stereocenters. The summed E-state index contributed by atoms with van der Waals surface area (Å²) in [7, 11) is 0. The van der Waals surface area contributed by atoms with Crippen LogP contribution in [-0.2, 0) is 11.2 Å². The second kappa shape index (κ2) is 8.88. The highest BCUT2D eigenvalue weighted by Crippen LogP contribution is 2.34. The van der Waals surface area contributed by atoms with Crippen molar-refractivity contribution in [1.82, 2.24) is 10.2 Å². The highest BCUT2D eigenvalue weighted by Gasteiger charge is 2.40. The van der Waals surface area contributed by atoms with E-state index < -0.39 is 12.1 Å². The van der Waals surface area contributed by atoms with Crippen molar-refractivity contribution in [2.24, 2.45) is 16.1 Å². The van der Waals surface area contributed by atoms with Crippen molar-refractivity contribution in [2.75, 3.05) is 25.4 Å². The summed E-state index contributed by atoms with van der Waals surface area (Å²) in [6.07, 6.45) is -1.30. The zero-order valence-corrected chi connectivity index (χ0v) is 15.5. The van der Waals surface area contributed by atoms with Crippen molar-refractivity contribution in [3.63, 3.8) is 0 Å². The number of carbonyl (C=O) groups is 1. The Kier molecular flexibility index (Phi) is 6.54. The molecule has 0 aliphatic carbocycles. The number of hydrogen-bond donors (Lipinski definition) is 1. The van der Waals surface area contributed by atoms with Gasteiger partial charge in [-0.15, -0.1) is 5.10 Å². The number of rotatable bonds is 5. The molecule has 0 bridgehead atoms. The summed E-state index contributed by atoms with van der Waals surface area (Å²) in [5.74, 6) is -0.864. The van der Waals surface area contributed by atoms with E-state index in [0.717, 1.165) is 24.1 Å². The van der Waals surface area contributed by atoms with Crippen LogP contribution in [0.5, 0.6) is 0 Å². The number of piperidine rings is 1. The van der Waals surface area contributed by atoms with Gasteiger partial charge in [0.25, 0.3) is 0 Å². The van der Waals surface area contributed by atoms with Crippen LogP contribution < -0.4 is 5.32 Å². The molecule has 2 aliphatic rings. The smallest absolute Gasteiger partial charge is 0.303 e. The van der Waals surface area contributed by atoms with Gasteiger partial charge in [-0.25, -0.2) is 0 Å². The van der Waals surface area contributed by atoms with Crippen LogP contribution in [0.15, 0.2) is 34.5 Å². The van der Waals surface area contributed by atoms with E-state index in [-0.39, 0.29) is 18.7 Å². The second-order valence-electron chi connectivity index (χ2n) is 6.64. The average Bonchev–Trinajstić information content (AvgIpc) is 3.05. The minimum atomic E-state index is -4.07. The molecule has 27 heavy (non-hydrogen) atoms. The normalized spacial score (nSPS) is 21.3. The Hall–Kier alpha value is -1.87. The predicted molar refractivity (Wildman–Crippen MR) is 101 cm³/mol. The molecule has 2 fully saturated rings. The van der Waals surface area contributed by atoms with Crippen LogP contribution in [0.2, 0.25) is 0 Å². The van der Waals surface area contributed by atoms with Crippen molar-refractivity contribution in [3.05, 3.63) is 35.4 Å². The van der Waals surface area contributed by atoms with Crippen LogP contribution in [0.4, 0.5) is 13.2 Å². The molecule has 146 valence electrons. The Balaban J connectivity index is 1.48. The summed E-state index contributed by atoms with van der Waals surface area (Å²) in [5.41, 5.74) is 2.00. The third kappa shape index (κ3) is 6.07. The van der Waals surface area contributed by atoms with Crippen molar-refractivity contribution in [1.29, 1.82) is 0 Å². The number of carbonyl (C=O) groups excluding carboxylic acids is 1. The summed E-state index contributed by atoms with van der Waals surface area (Å²) >= 11 is 1.31. The summed E-state index contributed by atoms with van der Waals surface area (Å²) < 4.78 is 38.2. The number of likely N-dealkylation sites (tertiary alicyclic amines) is 1. The molecule has 0 saturated carbocycles. The lowest BCUT2D eigenvalue weighted by molar-refractivity contribution is -0.185. The first-order valence-corrected chi connectivity index (χ1v) is 9.80. The van der Waals surface area contributed by atoms with Crippen LogP contribution in [-0.4, -0.2) is 53.8 Å². The quantitative estimate of drug-likeness (QED) is 0.613. The molecule has 0 aromatic heterocycles. The van der Waals surface area contributed by atoms with Crippen LogP contribution >= 0.6 is 11.8 Å². The van der Waals surface area contributed by atoms with Gasteiger partial charge in [-0.05, 0) is 43.5 Å². The highest BCUT2D eigenvalue weighted by atomic mass is 32.2. The minimum Gasteiger partial charge on any atom is -0.303 e. The van der Waals surface area contributed by atoms with Gasteiger partial charge in [0.1, 0.15) is 0 Å². The molecule has 2 heterocycles. The van der Waals surface area contributed by atoms with Gasteiger partial charge in [-0.3, -0.25) is 4.79 Å². The SMILES string of the molecule is O=C1CSC(=NN=Cc2cccc(CCN3CCC(C(F)(F)F)CC3)c2)N1. The van der Waals surface area contributed by atoms with E-state index in [4.69, 9.17) is 0 Å². The van der Waals surface area contributed by atoms with Gasteiger partial charge in [-0.1, -0.05) is 36.0 Å². The van der Waals surface area contributed by atoms with Gasteiger partial charge in [0.15, 0.2) is 5.17 Å². The van der Waals surface area contributed by atoms with Crippen LogP contribution in [0.3, 0.4) is 0 Å². The Morgan fingerprint density at radius 3 is 2.74 bits per heavy atom. The van der Waals surface area contributed by atoms with Gasteiger partial charge in [0, 0.05) is 6.54 Å². The molecule has 0 radical (unpaired) electrons. The molecular formula is C18H21F3N4OS. The maximum Gasteiger partial charge on any atom is 0.391 e. The molecular weight excluding hydrogens is 377 g/mol. The van der Waals surface area contributed by atoms with Crippen molar-refractivity contribution in [3.8, 4) is 0 Å². The van der Waals surface area contributed by atoms with Crippen molar-refractivity contribution >= 4 is 29.1 Å². The van der Waals surface area contributed by atoms with E-state index in [1.54, 1.807) is 6.21 Å². The fourth-order valence-corrected chi connectivity index (χ4v) is 3.76.